The van der Waals surface area contributed by atoms with Crippen LogP contribution in [0.15, 0.2) is 0 Å². The first-order chi connectivity index (χ1) is 8.67. The third-order valence-corrected chi connectivity index (χ3v) is 5.15. The van der Waals surface area contributed by atoms with Gasteiger partial charge in [-0.05, 0) is 32.2 Å². The smallest absolute Gasteiger partial charge is 0.212 e. The molecule has 1 heterocycles. The van der Waals surface area contributed by atoms with Gasteiger partial charge in [0.25, 0.3) is 0 Å². The van der Waals surface area contributed by atoms with E-state index in [1.807, 2.05) is 20.9 Å². The molecule has 4 N–H and O–H groups in total. The van der Waals surface area contributed by atoms with E-state index in [-0.39, 0.29) is 11.6 Å². The van der Waals surface area contributed by atoms with Gasteiger partial charge in [0.2, 0.25) is 10.0 Å². The Labute approximate surface area is 116 Å². The summed E-state index contributed by atoms with van der Waals surface area (Å²) >= 11 is 0. The molecule has 112 valence electrons. The van der Waals surface area contributed by atoms with Crippen LogP contribution in [0.2, 0.25) is 0 Å². The second kappa shape index (κ2) is 6.19. The fraction of sp³-hybridized carbons (Fsp3) is 0.917. The van der Waals surface area contributed by atoms with Crippen molar-refractivity contribution in [2.45, 2.75) is 38.6 Å². The van der Waals surface area contributed by atoms with Crippen LogP contribution in [0, 0.1) is 11.3 Å². The average Bonchev–Trinajstić information content (AvgIpc) is 2.29. The van der Waals surface area contributed by atoms with Crippen LogP contribution in [0.3, 0.4) is 0 Å². The van der Waals surface area contributed by atoms with E-state index in [4.69, 9.17) is 11.1 Å². The summed E-state index contributed by atoms with van der Waals surface area (Å²) in [6.45, 7) is 5.47. The second-order valence-corrected chi connectivity index (χ2v) is 7.74. The molecular formula is C12H26N4O2S. The van der Waals surface area contributed by atoms with Crippen molar-refractivity contribution in [2.75, 3.05) is 25.9 Å². The summed E-state index contributed by atoms with van der Waals surface area (Å²) in [5.74, 6) is 0.353. The predicted octanol–water partition coefficient (Wildman–Crippen LogP) is 0.352. The first-order valence-electron chi connectivity index (χ1n) is 6.71. The van der Waals surface area contributed by atoms with Crippen molar-refractivity contribution in [3.63, 3.8) is 0 Å². The molecule has 0 amide bonds. The van der Waals surface area contributed by atoms with Crippen molar-refractivity contribution in [3.05, 3.63) is 0 Å². The quantitative estimate of drug-likeness (QED) is 0.485. The van der Waals surface area contributed by atoms with Crippen LogP contribution in [-0.4, -0.2) is 50.6 Å². The zero-order valence-corrected chi connectivity index (χ0v) is 12.9. The van der Waals surface area contributed by atoms with Gasteiger partial charge >= 0.3 is 0 Å². The Morgan fingerprint density at radius 1 is 1.42 bits per heavy atom. The molecule has 1 saturated heterocycles. The summed E-state index contributed by atoms with van der Waals surface area (Å²) in [7, 11) is -1.40. The van der Waals surface area contributed by atoms with E-state index in [0.29, 0.717) is 25.2 Å². The van der Waals surface area contributed by atoms with Crippen LogP contribution >= 0.6 is 0 Å². The lowest BCUT2D eigenvalue weighted by Crippen LogP contribution is -2.61. The molecule has 7 heteroatoms. The largest absolute Gasteiger partial charge is 0.386 e. The Morgan fingerprint density at radius 3 is 2.37 bits per heavy atom. The molecule has 19 heavy (non-hydrogen) atoms. The maximum atomic E-state index is 12.1. The Morgan fingerprint density at radius 2 is 1.95 bits per heavy atom. The van der Waals surface area contributed by atoms with Gasteiger partial charge in [0.05, 0.1) is 11.3 Å². The first kappa shape index (κ1) is 16.4. The number of likely N-dealkylation sites (tertiary alicyclic amines) is 1. The number of nitrogens with two attached hydrogens (primary N) is 1. The molecule has 6 nitrogen and oxygen atoms in total. The van der Waals surface area contributed by atoms with Crippen molar-refractivity contribution in [3.8, 4) is 0 Å². The highest BCUT2D eigenvalue weighted by atomic mass is 32.2. The van der Waals surface area contributed by atoms with Gasteiger partial charge in [-0.3, -0.25) is 5.41 Å². The number of rotatable bonds is 6. The zero-order chi connectivity index (χ0) is 14.7. The molecule has 0 aromatic heterocycles. The van der Waals surface area contributed by atoms with E-state index in [0.717, 1.165) is 13.1 Å². The molecule has 0 aliphatic carbocycles. The van der Waals surface area contributed by atoms with Crippen LogP contribution in [0.4, 0.5) is 0 Å². The Hall–Kier alpha value is -0.660. The maximum absolute atomic E-state index is 12.1. The molecule has 0 aromatic carbocycles. The molecule has 0 aromatic rings. The van der Waals surface area contributed by atoms with Crippen LogP contribution in [0.1, 0.15) is 33.1 Å². The maximum Gasteiger partial charge on any atom is 0.212 e. The van der Waals surface area contributed by atoms with Gasteiger partial charge in [0.15, 0.2) is 0 Å². The van der Waals surface area contributed by atoms with Crippen LogP contribution in [-0.2, 0) is 10.0 Å². The van der Waals surface area contributed by atoms with Crippen LogP contribution < -0.4 is 10.5 Å². The molecule has 0 spiro atoms. The Balaban J connectivity index is 2.76. The van der Waals surface area contributed by atoms with Crippen LogP contribution in [0.25, 0.3) is 0 Å². The molecule has 1 fully saturated rings. The van der Waals surface area contributed by atoms with Gasteiger partial charge in [0, 0.05) is 13.1 Å². The summed E-state index contributed by atoms with van der Waals surface area (Å²) in [4.78, 5) is 2.11. The lowest BCUT2D eigenvalue weighted by Gasteiger charge is -2.40. The molecule has 1 rings (SSSR count). The number of amidine groups is 1. The molecule has 0 radical (unpaired) electrons. The summed E-state index contributed by atoms with van der Waals surface area (Å²) in [5.41, 5.74) is 4.76. The minimum atomic E-state index is -3.39. The fourth-order valence-electron chi connectivity index (χ4n) is 2.17. The number of nitrogens with one attached hydrogen (secondary N) is 2. The molecule has 0 unspecified atom stereocenters. The van der Waals surface area contributed by atoms with Gasteiger partial charge < -0.3 is 10.6 Å². The summed E-state index contributed by atoms with van der Waals surface area (Å²) in [6, 6.07) is 0. The standard InChI is InChI=1S/C12H26N4O2S/c1-10(2)4-9-19(17,18)15-12(11(13)14)5-7-16(3)8-6-12/h10,15H,4-9H2,1-3H3,(H3,13,14). The summed E-state index contributed by atoms with van der Waals surface area (Å²) in [6.07, 6.45) is 1.72. The Bertz CT molecular complexity index is 411. The molecule has 1 aliphatic heterocycles. The topological polar surface area (TPSA) is 99.3 Å². The normalized spacial score (nSPS) is 20.6. The minimum absolute atomic E-state index is 0.0753. The number of piperidine rings is 1. The first-order valence-corrected chi connectivity index (χ1v) is 8.37. The van der Waals surface area contributed by atoms with E-state index in [1.54, 1.807) is 0 Å². The van der Waals surface area contributed by atoms with Gasteiger partial charge in [0.1, 0.15) is 5.84 Å². The van der Waals surface area contributed by atoms with E-state index in [2.05, 4.69) is 9.62 Å². The SMILES string of the molecule is CC(C)CCS(=O)(=O)NC1(C(=N)N)CCN(C)CC1. The molecular weight excluding hydrogens is 264 g/mol. The lowest BCUT2D eigenvalue weighted by molar-refractivity contribution is 0.218. The van der Waals surface area contributed by atoms with Crippen molar-refractivity contribution < 1.29 is 8.42 Å². The van der Waals surface area contributed by atoms with Crippen molar-refractivity contribution in [1.29, 1.82) is 5.41 Å². The zero-order valence-electron chi connectivity index (χ0n) is 12.1. The van der Waals surface area contributed by atoms with E-state index < -0.39 is 15.6 Å². The van der Waals surface area contributed by atoms with E-state index in [1.165, 1.54) is 0 Å². The van der Waals surface area contributed by atoms with Crippen LogP contribution in [0.5, 0.6) is 0 Å². The third kappa shape index (κ3) is 4.74. The number of sulfonamides is 1. The van der Waals surface area contributed by atoms with Crippen molar-refractivity contribution in [1.82, 2.24) is 9.62 Å². The average molecular weight is 290 g/mol. The highest BCUT2D eigenvalue weighted by molar-refractivity contribution is 7.89. The predicted molar refractivity (Wildman–Crippen MR) is 77.8 cm³/mol. The third-order valence-electron chi connectivity index (χ3n) is 3.67. The second-order valence-electron chi connectivity index (χ2n) is 5.90. The summed E-state index contributed by atoms with van der Waals surface area (Å²) in [5, 5.41) is 7.73. The van der Waals surface area contributed by atoms with Gasteiger partial charge in [-0.2, -0.15) is 0 Å². The van der Waals surface area contributed by atoms with Crippen molar-refractivity contribution in [2.24, 2.45) is 11.7 Å². The van der Waals surface area contributed by atoms with Gasteiger partial charge in [-0.1, -0.05) is 13.8 Å². The molecule has 1 aliphatic rings. The molecule has 0 bridgehead atoms. The number of hydrogen-bond acceptors (Lipinski definition) is 4. The molecule has 0 saturated carbocycles. The molecule has 0 atom stereocenters. The van der Waals surface area contributed by atoms with Gasteiger partial charge in [-0.15, -0.1) is 0 Å². The fourth-order valence-corrected chi connectivity index (χ4v) is 3.96. The van der Waals surface area contributed by atoms with Gasteiger partial charge in [-0.25, -0.2) is 13.1 Å². The lowest BCUT2D eigenvalue weighted by atomic mass is 9.88. The highest BCUT2D eigenvalue weighted by Gasteiger charge is 2.40. The summed E-state index contributed by atoms with van der Waals surface area (Å²) < 4.78 is 26.9. The Kier molecular flexibility index (Phi) is 5.34. The number of hydrogen-bond donors (Lipinski definition) is 3. The van der Waals surface area contributed by atoms with E-state index in [9.17, 15) is 8.42 Å². The highest BCUT2D eigenvalue weighted by Crippen LogP contribution is 2.23. The monoisotopic (exact) mass is 290 g/mol. The number of nitrogens with zero attached hydrogens (tertiary/aromatic N) is 1. The minimum Gasteiger partial charge on any atom is -0.386 e. The van der Waals surface area contributed by atoms with E-state index >= 15 is 0 Å². The van der Waals surface area contributed by atoms with Crippen molar-refractivity contribution >= 4 is 15.9 Å².